The van der Waals surface area contributed by atoms with Crippen LogP contribution in [0.2, 0.25) is 0 Å². The number of methoxy groups -OCH3 is 1. The lowest BCUT2D eigenvalue weighted by atomic mass is 9.51. The molecule has 152 valence electrons. The van der Waals surface area contributed by atoms with Crippen molar-refractivity contribution in [3.63, 3.8) is 0 Å². The highest BCUT2D eigenvalue weighted by Gasteiger charge is 2.51. The first-order valence-corrected chi connectivity index (χ1v) is 11.3. The summed E-state index contributed by atoms with van der Waals surface area (Å²) in [5, 5.41) is 0. The van der Waals surface area contributed by atoms with Crippen LogP contribution in [-0.2, 0) is 11.3 Å². The Morgan fingerprint density at radius 2 is 1.61 bits per heavy atom. The van der Waals surface area contributed by atoms with Crippen LogP contribution in [0, 0.1) is 29.6 Å². The normalized spacial score (nSPS) is 35.0. The molecule has 1 amide bonds. The zero-order chi connectivity index (χ0) is 19.1. The average Bonchev–Trinajstić information content (AvgIpc) is 2.93. The fourth-order valence-corrected chi connectivity index (χ4v) is 6.88. The zero-order valence-corrected chi connectivity index (χ0v) is 17.2. The summed E-state index contributed by atoms with van der Waals surface area (Å²) in [6.45, 7) is 4.88. The standard InChI is InChI=1S/C24H34N2O2/c1-28-22-5-3-17(4-6-22)16-25-7-2-8-26(10-9-25)24(27)23-20-12-18-11-19(14-20)15-21(23)13-18/h3-6,18-21,23H,2,7-16H2,1H3. The Balaban J connectivity index is 1.19. The third-order valence-corrected chi connectivity index (χ3v) is 7.98. The topological polar surface area (TPSA) is 32.8 Å². The minimum absolute atomic E-state index is 0.348. The van der Waals surface area contributed by atoms with E-state index >= 15 is 0 Å². The van der Waals surface area contributed by atoms with E-state index in [1.807, 2.05) is 12.1 Å². The Hall–Kier alpha value is -1.55. The SMILES string of the molecule is COc1ccc(CN2CCCN(C(=O)C3C4CC5CC(C4)CC3C5)CC2)cc1. The molecule has 5 aliphatic rings. The highest BCUT2D eigenvalue weighted by Crippen LogP contribution is 2.56. The van der Waals surface area contributed by atoms with E-state index in [0.29, 0.717) is 23.7 Å². The lowest BCUT2D eigenvalue weighted by Gasteiger charge is -2.54. The second kappa shape index (κ2) is 7.70. The summed E-state index contributed by atoms with van der Waals surface area (Å²) in [5.74, 6) is 5.03. The Morgan fingerprint density at radius 1 is 0.929 bits per heavy atom. The van der Waals surface area contributed by atoms with Crippen molar-refractivity contribution in [2.75, 3.05) is 33.3 Å². The van der Waals surface area contributed by atoms with Crippen molar-refractivity contribution in [1.29, 1.82) is 0 Å². The van der Waals surface area contributed by atoms with E-state index in [9.17, 15) is 4.79 Å². The van der Waals surface area contributed by atoms with E-state index in [1.54, 1.807) is 7.11 Å². The van der Waals surface area contributed by atoms with Crippen LogP contribution in [0.1, 0.15) is 44.1 Å². The van der Waals surface area contributed by atoms with Gasteiger partial charge in [0.05, 0.1) is 7.11 Å². The number of amides is 1. The van der Waals surface area contributed by atoms with Gasteiger partial charge < -0.3 is 9.64 Å². The van der Waals surface area contributed by atoms with Gasteiger partial charge in [0.2, 0.25) is 5.91 Å². The maximum Gasteiger partial charge on any atom is 0.226 e. The number of ether oxygens (including phenoxy) is 1. The molecule has 1 heterocycles. The average molecular weight is 383 g/mol. The highest BCUT2D eigenvalue weighted by atomic mass is 16.5. The first-order chi connectivity index (χ1) is 13.7. The number of hydrogen-bond donors (Lipinski definition) is 0. The van der Waals surface area contributed by atoms with Crippen molar-refractivity contribution in [3.05, 3.63) is 29.8 Å². The molecule has 4 nitrogen and oxygen atoms in total. The molecule has 0 atom stereocenters. The molecule has 0 aromatic heterocycles. The predicted octanol–water partition coefficient (Wildman–Crippen LogP) is 3.80. The van der Waals surface area contributed by atoms with Gasteiger partial charge in [0.1, 0.15) is 5.75 Å². The molecule has 1 aliphatic heterocycles. The summed E-state index contributed by atoms with van der Waals surface area (Å²) in [6.07, 6.45) is 7.89. The minimum Gasteiger partial charge on any atom is -0.497 e. The zero-order valence-electron chi connectivity index (χ0n) is 17.2. The van der Waals surface area contributed by atoms with E-state index < -0.39 is 0 Å². The molecular weight excluding hydrogens is 348 g/mol. The van der Waals surface area contributed by atoms with Crippen LogP contribution in [0.3, 0.4) is 0 Å². The minimum atomic E-state index is 0.348. The van der Waals surface area contributed by atoms with Crippen molar-refractivity contribution in [1.82, 2.24) is 9.80 Å². The van der Waals surface area contributed by atoms with Crippen molar-refractivity contribution >= 4 is 5.91 Å². The summed E-state index contributed by atoms with van der Waals surface area (Å²) in [5.41, 5.74) is 1.32. The maximum absolute atomic E-state index is 13.5. The van der Waals surface area contributed by atoms with Crippen LogP contribution in [0.15, 0.2) is 24.3 Å². The van der Waals surface area contributed by atoms with Crippen LogP contribution in [0.4, 0.5) is 0 Å². The van der Waals surface area contributed by atoms with Crippen LogP contribution in [0.25, 0.3) is 0 Å². The molecule has 6 rings (SSSR count). The molecule has 4 heteroatoms. The van der Waals surface area contributed by atoms with Gasteiger partial charge in [-0.15, -0.1) is 0 Å². The largest absolute Gasteiger partial charge is 0.497 e. The van der Waals surface area contributed by atoms with Gasteiger partial charge in [-0.3, -0.25) is 9.69 Å². The van der Waals surface area contributed by atoms with Crippen molar-refractivity contribution in [3.8, 4) is 5.75 Å². The van der Waals surface area contributed by atoms with Crippen LogP contribution < -0.4 is 4.74 Å². The molecule has 28 heavy (non-hydrogen) atoms. The summed E-state index contributed by atoms with van der Waals surface area (Å²) in [4.78, 5) is 18.2. The molecule has 1 aromatic rings. The van der Waals surface area contributed by atoms with Gasteiger partial charge >= 0.3 is 0 Å². The third-order valence-electron chi connectivity index (χ3n) is 7.98. The summed E-state index contributed by atoms with van der Waals surface area (Å²) >= 11 is 0. The molecule has 5 fully saturated rings. The van der Waals surface area contributed by atoms with Crippen LogP contribution in [0.5, 0.6) is 5.75 Å². The molecule has 0 unspecified atom stereocenters. The van der Waals surface area contributed by atoms with Crippen LogP contribution >= 0.6 is 0 Å². The van der Waals surface area contributed by atoms with Gasteiger partial charge in [0, 0.05) is 38.6 Å². The number of rotatable bonds is 4. The van der Waals surface area contributed by atoms with Gasteiger partial charge in [0.15, 0.2) is 0 Å². The van der Waals surface area contributed by atoms with E-state index in [2.05, 4.69) is 21.9 Å². The quantitative estimate of drug-likeness (QED) is 0.794. The third kappa shape index (κ3) is 3.56. The van der Waals surface area contributed by atoms with E-state index in [1.165, 1.54) is 37.7 Å². The first-order valence-electron chi connectivity index (χ1n) is 11.3. The van der Waals surface area contributed by atoms with Gasteiger partial charge in [-0.2, -0.15) is 0 Å². The number of carbonyl (C=O) groups is 1. The van der Waals surface area contributed by atoms with Crippen molar-refractivity contribution in [2.45, 2.75) is 45.1 Å². The van der Waals surface area contributed by atoms with Gasteiger partial charge in [-0.05, 0) is 79.9 Å². The monoisotopic (exact) mass is 382 g/mol. The van der Waals surface area contributed by atoms with Crippen molar-refractivity contribution < 1.29 is 9.53 Å². The summed E-state index contributed by atoms with van der Waals surface area (Å²) < 4.78 is 5.26. The first kappa shape index (κ1) is 18.5. The summed E-state index contributed by atoms with van der Waals surface area (Å²) in [7, 11) is 1.71. The van der Waals surface area contributed by atoms with Gasteiger partial charge in [0.25, 0.3) is 0 Å². The fraction of sp³-hybridized carbons (Fsp3) is 0.708. The Morgan fingerprint density at radius 3 is 2.25 bits per heavy atom. The van der Waals surface area contributed by atoms with Crippen molar-refractivity contribution in [2.24, 2.45) is 29.6 Å². The number of carbonyl (C=O) groups excluding carboxylic acids is 1. The molecule has 4 bridgehead atoms. The second-order valence-corrected chi connectivity index (χ2v) is 9.76. The molecule has 4 saturated carbocycles. The predicted molar refractivity (Wildman–Crippen MR) is 110 cm³/mol. The Kier molecular flexibility index (Phi) is 5.08. The summed E-state index contributed by atoms with van der Waals surface area (Å²) in [6, 6.07) is 8.38. The van der Waals surface area contributed by atoms with E-state index in [-0.39, 0.29) is 0 Å². The number of benzene rings is 1. The Labute approximate surface area is 169 Å². The number of hydrogen-bond acceptors (Lipinski definition) is 3. The molecule has 0 spiro atoms. The molecule has 1 aromatic carbocycles. The molecule has 0 N–H and O–H groups in total. The fourth-order valence-electron chi connectivity index (χ4n) is 6.88. The molecule has 0 radical (unpaired) electrons. The lowest BCUT2D eigenvalue weighted by molar-refractivity contribution is -0.149. The smallest absolute Gasteiger partial charge is 0.226 e. The highest BCUT2D eigenvalue weighted by molar-refractivity contribution is 5.80. The molecule has 1 saturated heterocycles. The lowest BCUT2D eigenvalue weighted by Crippen LogP contribution is -2.52. The van der Waals surface area contributed by atoms with E-state index in [4.69, 9.17) is 4.74 Å². The van der Waals surface area contributed by atoms with E-state index in [0.717, 1.165) is 56.7 Å². The number of nitrogens with zero attached hydrogens (tertiary/aromatic N) is 2. The van der Waals surface area contributed by atoms with Gasteiger partial charge in [-0.25, -0.2) is 0 Å². The molecular formula is C24H34N2O2. The van der Waals surface area contributed by atoms with Crippen LogP contribution in [-0.4, -0.2) is 49.0 Å². The van der Waals surface area contributed by atoms with Gasteiger partial charge in [-0.1, -0.05) is 12.1 Å². The second-order valence-electron chi connectivity index (χ2n) is 9.76. The molecule has 4 aliphatic carbocycles. The maximum atomic E-state index is 13.5. The Bertz CT molecular complexity index is 673.